The maximum absolute atomic E-state index is 9.62. The van der Waals surface area contributed by atoms with Gasteiger partial charge in [-0.1, -0.05) is 0 Å². The van der Waals surface area contributed by atoms with E-state index in [1.54, 1.807) is 6.07 Å². The highest BCUT2D eigenvalue weighted by atomic mass is 79.9. The van der Waals surface area contributed by atoms with E-state index in [0.717, 1.165) is 22.0 Å². The molecule has 4 heteroatoms. The van der Waals surface area contributed by atoms with Crippen LogP contribution in [0.25, 0.3) is 0 Å². The summed E-state index contributed by atoms with van der Waals surface area (Å²) in [7, 11) is 1.52. The zero-order valence-corrected chi connectivity index (χ0v) is 10.5. The van der Waals surface area contributed by atoms with Crippen LogP contribution in [0.2, 0.25) is 0 Å². The van der Waals surface area contributed by atoms with Crippen molar-refractivity contribution in [2.45, 2.75) is 19.8 Å². The third-order valence-corrected chi connectivity index (χ3v) is 3.15. The molecule has 2 N–H and O–H groups in total. The van der Waals surface area contributed by atoms with Gasteiger partial charge < -0.3 is 14.9 Å². The molecule has 0 amide bonds. The number of methoxy groups -OCH3 is 1. The van der Waals surface area contributed by atoms with Crippen LogP contribution in [-0.4, -0.2) is 23.9 Å². The van der Waals surface area contributed by atoms with Crippen LogP contribution in [0.3, 0.4) is 0 Å². The minimum Gasteiger partial charge on any atom is -0.504 e. The first kappa shape index (κ1) is 12.3. The van der Waals surface area contributed by atoms with Gasteiger partial charge in [0.2, 0.25) is 0 Å². The second kappa shape index (κ2) is 5.37. The van der Waals surface area contributed by atoms with Crippen LogP contribution in [0.1, 0.15) is 17.5 Å². The van der Waals surface area contributed by atoms with E-state index in [4.69, 9.17) is 9.84 Å². The van der Waals surface area contributed by atoms with E-state index in [0.29, 0.717) is 12.2 Å². The van der Waals surface area contributed by atoms with Gasteiger partial charge in [0, 0.05) is 6.61 Å². The van der Waals surface area contributed by atoms with Gasteiger partial charge in [0.05, 0.1) is 11.6 Å². The summed E-state index contributed by atoms with van der Waals surface area (Å²) in [5.41, 5.74) is 2.06. The summed E-state index contributed by atoms with van der Waals surface area (Å²) in [6.07, 6.45) is 1.47. The molecule has 0 saturated carbocycles. The number of aryl methyl sites for hydroxylation is 1. The molecule has 0 radical (unpaired) electrons. The van der Waals surface area contributed by atoms with Crippen molar-refractivity contribution in [2.24, 2.45) is 0 Å². The zero-order valence-electron chi connectivity index (χ0n) is 8.88. The monoisotopic (exact) mass is 274 g/mol. The summed E-state index contributed by atoms with van der Waals surface area (Å²) in [5.74, 6) is 0.586. The minimum absolute atomic E-state index is 0.134. The summed E-state index contributed by atoms with van der Waals surface area (Å²) in [6.45, 7) is 2.09. The Kier molecular flexibility index (Phi) is 4.42. The van der Waals surface area contributed by atoms with Crippen molar-refractivity contribution in [3.63, 3.8) is 0 Å². The molecule has 1 aromatic rings. The summed E-state index contributed by atoms with van der Waals surface area (Å²) in [5, 5.41) is 18.4. The van der Waals surface area contributed by atoms with Crippen LogP contribution in [0.4, 0.5) is 0 Å². The zero-order chi connectivity index (χ0) is 11.4. The van der Waals surface area contributed by atoms with E-state index in [9.17, 15) is 5.11 Å². The number of ether oxygens (including phenoxy) is 1. The largest absolute Gasteiger partial charge is 0.504 e. The van der Waals surface area contributed by atoms with Crippen molar-refractivity contribution in [2.75, 3.05) is 13.7 Å². The number of halogens is 1. The van der Waals surface area contributed by atoms with Crippen molar-refractivity contribution in [3.8, 4) is 11.5 Å². The van der Waals surface area contributed by atoms with Gasteiger partial charge in [0.15, 0.2) is 11.5 Å². The Hall–Kier alpha value is -0.740. The van der Waals surface area contributed by atoms with Gasteiger partial charge in [-0.15, -0.1) is 0 Å². The molecular weight excluding hydrogens is 260 g/mol. The van der Waals surface area contributed by atoms with Gasteiger partial charge in [0.1, 0.15) is 0 Å². The number of hydrogen-bond donors (Lipinski definition) is 2. The van der Waals surface area contributed by atoms with E-state index in [1.807, 2.05) is 6.92 Å². The molecule has 0 aliphatic carbocycles. The lowest BCUT2D eigenvalue weighted by molar-refractivity contribution is 0.288. The molecule has 0 bridgehead atoms. The molecule has 0 fully saturated rings. The number of phenolic OH excluding ortho intramolecular Hbond substituents is 1. The second-order valence-corrected chi connectivity index (χ2v) is 4.16. The molecule has 1 rings (SSSR count). The molecule has 0 aliphatic heterocycles. The Bertz CT molecular complexity index is 350. The molecule has 0 aromatic heterocycles. The molecule has 84 valence electrons. The topological polar surface area (TPSA) is 49.7 Å². The maximum Gasteiger partial charge on any atom is 0.174 e. The van der Waals surface area contributed by atoms with Gasteiger partial charge in [-0.3, -0.25) is 0 Å². The van der Waals surface area contributed by atoms with E-state index in [-0.39, 0.29) is 12.4 Å². The number of aromatic hydroxyl groups is 1. The van der Waals surface area contributed by atoms with Crippen molar-refractivity contribution in [3.05, 3.63) is 21.7 Å². The molecule has 0 aliphatic rings. The minimum atomic E-state index is 0.134. The smallest absolute Gasteiger partial charge is 0.174 e. The molecule has 0 heterocycles. The van der Waals surface area contributed by atoms with E-state index in [1.165, 1.54) is 7.11 Å². The number of aliphatic hydroxyl groups is 1. The SMILES string of the molecule is COc1c(O)cc(C)c(CCCO)c1Br. The van der Waals surface area contributed by atoms with Crippen LogP contribution in [0, 0.1) is 6.92 Å². The van der Waals surface area contributed by atoms with Gasteiger partial charge >= 0.3 is 0 Å². The first-order chi connectivity index (χ1) is 7.11. The second-order valence-electron chi connectivity index (χ2n) is 3.37. The van der Waals surface area contributed by atoms with Crippen LogP contribution >= 0.6 is 15.9 Å². The van der Waals surface area contributed by atoms with E-state index >= 15 is 0 Å². The summed E-state index contributed by atoms with van der Waals surface area (Å²) in [6, 6.07) is 1.68. The van der Waals surface area contributed by atoms with Gasteiger partial charge in [-0.05, 0) is 52.9 Å². The Morgan fingerprint density at radius 3 is 2.67 bits per heavy atom. The lowest BCUT2D eigenvalue weighted by Gasteiger charge is -2.13. The predicted octanol–water partition coefficient (Wildman–Crippen LogP) is 2.40. The molecule has 0 atom stereocenters. The molecule has 0 spiro atoms. The highest BCUT2D eigenvalue weighted by Gasteiger charge is 2.13. The first-order valence-electron chi connectivity index (χ1n) is 4.77. The highest BCUT2D eigenvalue weighted by Crippen LogP contribution is 2.39. The maximum atomic E-state index is 9.62. The van der Waals surface area contributed by atoms with Crippen LogP contribution < -0.4 is 4.74 Å². The third kappa shape index (κ3) is 2.63. The summed E-state index contributed by atoms with van der Waals surface area (Å²) in [4.78, 5) is 0. The first-order valence-corrected chi connectivity index (χ1v) is 5.57. The molecule has 1 aromatic carbocycles. The number of rotatable bonds is 4. The van der Waals surface area contributed by atoms with Gasteiger partial charge in [-0.25, -0.2) is 0 Å². The van der Waals surface area contributed by atoms with E-state index < -0.39 is 0 Å². The summed E-state index contributed by atoms with van der Waals surface area (Å²) < 4.78 is 5.87. The molecule has 15 heavy (non-hydrogen) atoms. The lowest BCUT2D eigenvalue weighted by atomic mass is 10.0. The Morgan fingerprint density at radius 2 is 2.13 bits per heavy atom. The van der Waals surface area contributed by atoms with Crippen molar-refractivity contribution >= 4 is 15.9 Å². The van der Waals surface area contributed by atoms with Crippen LogP contribution in [0.15, 0.2) is 10.5 Å². The molecule has 0 saturated heterocycles. The number of benzene rings is 1. The Balaban J connectivity index is 3.14. The number of phenols is 1. The number of aliphatic hydroxyl groups excluding tert-OH is 1. The van der Waals surface area contributed by atoms with Gasteiger partial charge in [-0.2, -0.15) is 0 Å². The molecule has 3 nitrogen and oxygen atoms in total. The third-order valence-electron chi connectivity index (χ3n) is 2.32. The number of hydrogen-bond acceptors (Lipinski definition) is 3. The fourth-order valence-electron chi connectivity index (χ4n) is 1.54. The average molecular weight is 275 g/mol. The molecular formula is C11H15BrO3. The lowest BCUT2D eigenvalue weighted by Crippen LogP contribution is -1.97. The van der Waals surface area contributed by atoms with Crippen LogP contribution in [-0.2, 0) is 6.42 Å². The van der Waals surface area contributed by atoms with Crippen LogP contribution in [0.5, 0.6) is 11.5 Å². The van der Waals surface area contributed by atoms with Crippen molar-refractivity contribution < 1.29 is 14.9 Å². The van der Waals surface area contributed by atoms with Crippen molar-refractivity contribution in [1.82, 2.24) is 0 Å². The van der Waals surface area contributed by atoms with Gasteiger partial charge in [0.25, 0.3) is 0 Å². The Labute approximate surface area is 97.8 Å². The standard InChI is InChI=1S/C11H15BrO3/c1-7-6-9(14)11(15-2)10(12)8(7)4-3-5-13/h6,13-14H,3-5H2,1-2H3. The van der Waals surface area contributed by atoms with E-state index in [2.05, 4.69) is 15.9 Å². The van der Waals surface area contributed by atoms with Crippen molar-refractivity contribution in [1.29, 1.82) is 0 Å². The predicted molar refractivity (Wildman–Crippen MR) is 62.5 cm³/mol. The quantitative estimate of drug-likeness (QED) is 0.887. The molecule has 0 unspecified atom stereocenters. The normalized spacial score (nSPS) is 10.4. The Morgan fingerprint density at radius 1 is 1.47 bits per heavy atom. The highest BCUT2D eigenvalue weighted by molar-refractivity contribution is 9.10. The fourth-order valence-corrected chi connectivity index (χ4v) is 2.41. The summed E-state index contributed by atoms with van der Waals surface area (Å²) >= 11 is 3.41. The average Bonchev–Trinajstić information content (AvgIpc) is 2.17. The fraction of sp³-hybridized carbons (Fsp3) is 0.455.